The van der Waals surface area contributed by atoms with Gasteiger partial charge in [0.1, 0.15) is 36.5 Å². The van der Waals surface area contributed by atoms with Crippen molar-refractivity contribution < 1.29 is 48.3 Å². The molecule has 1 spiro atoms. The molecule has 0 saturated carbocycles. The van der Waals surface area contributed by atoms with Crippen LogP contribution in [0.5, 0.6) is 5.75 Å². The molecule has 5 aromatic rings. The number of hydrogen-bond acceptors (Lipinski definition) is 14. The third-order valence-electron chi connectivity index (χ3n) is 12.9. The lowest BCUT2D eigenvalue weighted by Gasteiger charge is -2.46. The number of carbonyl (C=O) groups excluding carboxylic acids is 4. The van der Waals surface area contributed by atoms with Gasteiger partial charge in [0, 0.05) is 57.7 Å². The van der Waals surface area contributed by atoms with Crippen LogP contribution in [0.4, 0.5) is 16.4 Å². The highest BCUT2D eigenvalue weighted by Crippen LogP contribution is 2.66. The number of hydrogen-bond donors (Lipinski definition) is 2. The average molecular weight is 907 g/mol. The van der Waals surface area contributed by atoms with Crippen molar-refractivity contribution in [3.05, 3.63) is 149 Å². The Hall–Kier alpha value is -7.16. The van der Waals surface area contributed by atoms with Crippen LogP contribution in [0.1, 0.15) is 52.4 Å². The fraction of sp³-hybridized carbons (Fsp3) is 0.333. The third-order valence-corrected chi connectivity index (χ3v) is 12.9. The van der Waals surface area contributed by atoms with E-state index in [9.17, 15) is 15.0 Å². The fourth-order valence-corrected chi connectivity index (χ4v) is 10.1. The first kappa shape index (κ1) is 45.0. The Bertz CT molecular complexity index is 2640. The van der Waals surface area contributed by atoms with Crippen molar-refractivity contribution in [3.63, 3.8) is 0 Å². The molecule has 3 amide bonds. The topological polar surface area (TPSA) is 184 Å². The summed E-state index contributed by atoms with van der Waals surface area (Å²) < 4.78 is 23.3. The van der Waals surface area contributed by atoms with Crippen molar-refractivity contribution in [1.29, 1.82) is 0 Å². The summed E-state index contributed by atoms with van der Waals surface area (Å²) in [5.41, 5.74) is 0.889. The van der Waals surface area contributed by atoms with Gasteiger partial charge in [0.25, 0.3) is 0 Å². The van der Waals surface area contributed by atoms with Gasteiger partial charge in [0.15, 0.2) is 0 Å². The molecule has 0 radical (unpaired) electrons. The Kier molecular flexibility index (Phi) is 13.3. The Morgan fingerprint density at radius 1 is 0.791 bits per heavy atom. The number of anilines is 2. The number of imide groups is 1. The van der Waals surface area contributed by atoms with Crippen molar-refractivity contribution in [2.75, 3.05) is 76.1 Å². The van der Waals surface area contributed by atoms with E-state index < -0.39 is 59.4 Å². The molecular weight excluding hydrogens is 857 g/mol. The van der Waals surface area contributed by atoms with Crippen molar-refractivity contribution >= 4 is 35.5 Å². The average Bonchev–Trinajstić information content (AvgIpc) is 3.83. The minimum Gasteiger partial charge on any atom is -0.491 e. The molecular formula is C51H50N6O10. The lowest BCUT2D eigenvalue weighted by Crippen LogP contribution is -2.59. The molecule has 16 heteroatoms. The van der Waals surface area contributed by atoms with Gasteiger partial charge in [0.05, 0.1) is 43.5 Å². The monoisotopic (exact) mass is 906 g/mol. The second-order valence-electron chi connectivity index (χ2n) is 16.5. The van der Waals surface area contributed by atoms with Gasteiger partial charge in [-0.15, -0.1) is 0 Å². The van der Waals surface area contributed by atoms with Crippen molar-refractivity contribution in [2.24, 2.45) is 5.92 Å². The molecule has 0 aliphatic carbocycles. The molecule has 16 nitrogen and oxygen atoms in total. The molecule has 6 atom stereocenters. The molecule has 344 valence electrons. The Morgan fingerprint density at radius 2 is 1.49 bits per heavy atom. The van der Waals surface area contributed by atoms with Gasteiger partial charge in [0.2, 0.25) is 17.8 Å². The molecule has 0 unspecified atom stereocenters. The summed E-state index contributed by atoms with van der Waals surface area (Å²) in [6, 6.07) is 29.3. The lowest BCUT2D eigenvalue weighted by molar-refractivity contribution is -0.179. The van der Waals surface area contributed by atoms with Gasteiger partial charge >= 0.3 is 12.1 Å². The summed E-state index contributed by atoms with van der Waals surface area (Å²) in [6.07, 6.45) is 1.59. The summed E-state index contributed by atoms with van der Waals surface area (Å²) in [5, 5.41) is 19.2. The van der Waals surface area contributed by atoms with Crippen LogP contribution in [0.15, 0.2) is 122 Å². The van der Waals surface area contributed by atoms with Gasteiger partial charge in [-0.3, -0.25) is 19.3 Å². The zero-order valence-electron chi connectivity index (χ0n) is 36.8. The van der Waals surface area contributed by atoms with E-state index in [0.717, 1.165) is 10.5 Å². The summed E-state index contributed by atoms with van der Waals surface area (Å²) in [7, 11) is 1.46. The number of piperazine rings is 1. The number of carbonyl (C=O) groups is 4. The first-order valence-corrected chi connectivity index (χ1v) is 22.3. The lowest BCUT2D eigenvalue weighted by atomic mass is 9.65. The highest BCUT2D eigenvalue weighted by Gasteiger charge is 2.76. The van der Waals surface area contributed by atoms with Crippen molar-refractivity contribution in [2.45, 2.75) is 36.1 Å². The van der Waals surface area contributed by atoms with Crippen LogP contribution < -0.4 is 14.5 Å². The van der Waals surface area contributed by atoms with Gasteiger partial charge in [-0.2, -0.15) is 0 Å². The Balaban J connectivity index is 1.31. The zero-order valence-corrected chi connectivity index (χ0v) is 36.8. The summed E-state index contributed by atoms with van der Waals surface area (Å²) in [5.74, 6) is 3.57. The van der Waals surface area contributed by atoms with E-state index in [2.05, 4.69) is 21.8 Å². The number of aliphatic hydroxyl groups excluding tert-OH is 2. The number of morpholine rings is 1. The van der Waals surface area contributed by atoms with E-state index >= 15 is 14.4 Å². The van der Waals surface area contributed by atoms with Gasteiger partial charge in [-0.05, 0) is 58.7 Å². The minimum absolute atomic E-state index is 0.0356. The van der Waals surface area contributed by atoms with E-state index in [1.807, 2.05) is 70.5 Å². The molecule has 3 fully saturated rings. The highest BCUT2D eigenvalue weighted by molar-refractivity contribution is 6.23. The summed E-state index contributed by atoms with van der Waals surface area (Å²) in [4.78, 5) is 77.9. The van der Waals surface area contributed by atoms with E-state index in [1.165, 1.54) is 7.11 Å². The predicted octanol–water partition coefficient (Wildman–Crippen LogP) is 4.38. The normalized spacial score (nSPS) is 23.3. The molecule has 9 rings (SSSR count). The molecule has 4 aliphatic rings. The largest absolute Gasteiger partial charge is 0.491 e. The van der Waals surface area contributed by atoms with Crippen molar-refractivity contribution in [3.8, 4) is 17.6 Å². The number of aromatic nitrogens is 2. The van der Waals surface area contributed by atoms with Gasteiger partial charge in [-0.1, -0.05) is 84.6 Å². The Labute approximate surface area is 387 Å². The predicted molar refractivity (Wildman–Crippen MR) is 244 cm³/mol. The third kappa shape index (κ3) is 8.25. The van der Waals surface area contributed by atoms with Crippen LogP contribution >= 0.6 is 0 Å². The fourth-order valence-electron chi connectivity index (χ4n) is 10.1. The second-order valence-corrected chi connectivity index (χ2v) is 16.5. The molecule has 4 aromatic carbocycles. The molecule has 1 aromatic heterocycles. The van der Waals surface area contributed by atoms with E-state index in [1.54, 1.807) is 65.8 Å². The number of methoxy groups -OCH3 is 1. The zero-order chi connectivity index (χ0) is 46.5. The maximum Gasteiger partial charge on any atom is 0.421 e. The second kappa shape index (κ2) is 19.7. The maximum atomic E-state index is 16.4. The van der Waals surface area contributed by atoms with Crippen LogP contribution in [0, 0.1) is 17.8 Å². The number of ether oxygens (including phenoxy) is 4. The molecule has 4 aliphatic heterocycles. The number of nitrogens with zero attached hydrogens (tertiary/aromatic N) is 6. The number of aliphatic hydroxyl groups is 2. The van der Waals surface area contributed by atoms with Crippen LogP contribution in [0.25, 0.3) is 0 Å². The smallest absolute Gasteiger partial charge is 0.421 e. The van der Waals surface area contributed by atoms with E-state index in [-0.39, 0.29) is 58.2 Å². The van der Waals surface area contributed by atoms with Crippen LogP contribution in [-0.2, 0) is 34.0 Å². The molecule has 0 bridgehead atoms. The van der Waals surface area contributed by atoms with Crippen LogP contribution in [0.3, 0.4) is 0 Å². The minimum atomic E-state index is -2.02. The SMILES string of the molecule is COCCOC(=O)N1C(=O)[C@@]2(c3cc(C#CCCO)ccc31)[C@H](c1ccc(OCCO)cc1)N1[C@H](c3ccccc3)[C@H](c3ccccc3)OC(=O)[C@H]1[C@@H]2C(=O)N1CCN(c2ncccn2)CC1. The van der Waals surface area contributed by atoms with Crippen molar-refractivity contribution in [1.82, 2.24) is 19.8 Å². The number of rotatable bonds is 12. The van der Waals surface area contributed by atoms with Gasteiger partial charge < -0.3 is 39.0 Å². The molecule has 2 N–H and O–H groups in total. The Morgan fingerprint density at radius 3 is 2.16 bits per heavy atom. The standard InChI is InChI=1S/C51H50N6O10/c1-64-31-32-66-50(63)56-40-21-16-34(11-8-9-28-58)33-39(40)51(48(56)62)41(46(60)54-24-26-55(27-25-54)49-52-22-10-23-53-49)43-47(61)67-44(36-14-6-3-7-15-36)42(35-12-4-2-5-13-35)57(43)45(51)37-17-19-38(20-18-37)65-30-29-59/h2-7,10,12-23,33,41-45,58-59H,9,24-32H2,1H3/t41-,42-,43-,44+,45+,51-/m1/s1. The van der Waals surface area contributed by atoms with E-state index in [0.29, 0.717) is 47.0 Å². The van der Waals surface area contributed by atoms with Crippen LogP contribution in [-0.4, -0.2) is 126 Å². The number of esters is 1. The number of amides is 3. The summed E-state index contributed by atoms with van der Waals surface area (Å²) in [6.45, 7) is 0.672. The highest BCUT2D eigenvalue weighted by atomic mass is 16.6. The molecule has 67 heavy (non-hydrogen) atoms. The maximum absolute atomic E-state index is 16.4. The quantitative estimate of drug-likeness (QED) is 0.102. The first-order valence-electron chi connectivity index (χ1n) is 22.3. The van der Waals surface area contributed by atoms with E-state index in [4.69, 9.17) is 18.9 Å². The number of benzene rings is 4. The molecule has 3 saturated heterocycles. The van der Waals surface area contributed by atoms with Crippen LogP contribution in [0.2, 0.25) is 0 Å². The number of fused-ring (bicyclic) bond motifs is 3. The molecule has 5 heterocycles. The first-order chi connectivity index (χ1) is 32.8. The summed E-state index contributed by atoms with van der Waals surface area (Å²) >= 11 is 0. The number of cyclic esters (lactones) is 1. The van der Waals surface area contributed by atoms with Gasteiger partial charge in [-0.25, -0.2) is 19.7 Å².